The first-order valence-corrected chi connectivity index (χ1v) is 6.68. The molecule has 0 spiro atoms. The lowest BCUT2D eigenvalue weighted by atomic mass is 9.93. The van der Waals surface area contributed by atoms with Crippen LogP contribution in [0.5, 0.6) is 5.88 Å². The minimum atomic E-state index is -1.04. The Labute approximate surface area is 123 Å². The molecular formula is C16H19N3O2. The second-order valence-electron chi connectivity index (χ2n) is 5.23. The van der Waals surface area contributed by atoms with Gasteiger partial charge in [0.1, 0.15) is 6.61 Å². The van der Waals surface area contributed by atoms with Crippen LogP contribution < -0.4 is 16.2 Å². The third-order valence-electron chi connectivity index (χ3n) is 3.18. The molecule has 0 bridgehead atoms. The van der Waals surface area contributed by atoms with Gasteiger partial charge in [-0.1, -0.05) is 30.3 Å². The van der Waals surface area contributed by atoms with Crippen LogP contribution in [-0.4, -0.2) is 16.4 Å². The Balaban J connectivity index is 1.95. The first kappa shape index (κ1) is 15.0. The molecule has 4 N–H and O–H groups in total. The number of aromatic nitrogens is 1. The fraction of sp³-hybridized carbons (Fsp3) is 0.250. The first-order chi connectivity index (χ1) is 9.97. The highest BCUT2D eigenvalue weighted by Gasteiger charge is 2.25. The molecule has 0 aliphatic rings. The summed E-state index contributed by atoms with van der Waals surface area (Å²) in [6.07, 6.45) is 2.09. The second-order valence-corrected chi connectivity index (χ2v) is 5.23. The van der Waals surface area contributed by atoms with E-state index >= 15 is 0 Å². The first-order valence-electron chi connectivity index (χ1n) is 6.68. The van der Waals surface area contributed by atoms with E-state index in [0.717, 1.165) is 11.1 Å². The molecule has 2 aromatic rings. The number of nitrogens with zero attached hydrogens (tertiary/aromatic N) is 1. The van der Waals surface area contributed by atoms with E-state index in [0.29, 0.717) is 18.9 Å². The summed E-state index contributed by atoms with van der Waals surface area (Å²) in [4.78, 5) is 15.3. The fourth-order valence-electron chi connectivity index (χ4n) is 1.85. The molecule has 2 rings (SSSR count). The molecule has 0 saturated carbocycles. The number of nitrogens with two attached hydrogens (primary N) is 2. The van der Waals surface area contributed by atoms with E-state index in [4.69, 9.17) is 16.2 Å². The van der Waals surface area contributed by atoms with Crippen LogP contribution in [0.15, 0.2) is 48.7 Å². The average Bonchev–Trinajstić information content (AvgIpc) is 2.47. The van der Waals surface area contributed by atoms with Gasteiger partial charge in [0, 0.05) is 12.3 Å². The molecular weight excluding hydrogens is 266 g/mol. The van der Waals surface area contributed by atoms with Gasteiger partial charge in [0.25, 0.3) is 0 Å². The maximum Gasteiger partial charge on any atom is 0.237 e. The van der Waals surface area contributed by atoms with E-state index in [1.165, 1.54) is 0 Å². The Kier molecular flexibility index (Phi) is 4.55. The van der Waals surface area contributed by atoms with E-state index in [2.05, 4.69) is 4.98 Å². The molecule has 0 radical (unpaired) electrons. The van der Waals surface area contributed by atoms with Crippen molar-refractivity contribution in [1.29, 1.82) is 0 Å². The Morgan fingerprint density at radius 3 is 2.43 bits per heavy atom. The Hall–Kier alpha value is -2.40. The molecule has 1 amide bonds. The number of hydrogen-bond donors (Lipinski definition) is 2. The van der Waals surface area contributed by atoms with E-state index < -0.39 is 11.4 Å². The molecule has 0 fully saturated rings. The van der Waals surface area contributed by atoms with Crippen molar-refractivity contribution in [3.8, 4) is 5.88 Å². The summed E-state index contributed by atoms with van der Waals surface area (Å²) in [6.45, 7) is 2.07. The van der Waals surface area contributed by atoms with Gasteiger partial charge in [-0.3, -0.25) is 4.79 Å². The van der Waals surface area contributed by atoms with Gasteiger partial charge in [0.05, 0.1) is 5.54 Å². The highest BCUT2D eigenvalue weighted by molar-refractivity contribution is 5.84. The van der Waals surface area contributed by atoms with Crippen LogP contribution in [0.4, 0.5) is 0 Å². The van der Waals surface area contributed by atoms with Gasteiger partial charge >= 0.3 is 0 Å². The Morgan fingerprint density at radius 1 is 1.19 bits per heavy atom. The molecule has 21 heavy (non-hydrogen) atoms. The van der Waals surface area contributed by atoms with Crippen LogP contribution >= 0.6 is 0 Å². The van der Waals surface area contributed by atoms with Crippen LogP contribution in [-0.2, 0) is 17.8 Å². The van der Waals surface area contributed by atoms with Crippen LogP contribution in [0.2, 0.25) is 0 Å². The van der Waals surface area contributed by atoms with Crippen molar-refractivity contribution in [3.63, 3.8) is 0 Å². The fourth-order valence-corrected chi connectivity index (χ4v) is 1.85. The third-order valence-corrected chi connectivity index (χ3v) is 3.18. The SMILES string of the molecule is CC(N)(Cc1ccc(COc2ccccn2)cc1)C(N)=O. The van der Waals surface area contributed by atoms with Crippen LogP contribution in [0.1, 0.15) is 18.1 Å². The second kappa shape index (κ2) is 6.37. The van der Waals surface area contributed by atoms with Crippen molar-refractivity contribution in [2.24, 2.45) is 11.5 Å². The molecule has 5 nitrogen and oxygen atoms in total. The molecule has 1 aromatic heterocycles. The van der Waals surface area contributed by atoms with Crippen LogP contribution in [0.3, 0.4) is 0 Å². The summed E-state index contributed by atoms with van der Waals surface area (Å²) in [5.74, 6) is 0.0786. The number of ether oxygens (including phenoxy) is 1. The zero-order valence-corrected chi connectivity index (χ0v) is 12.0. The van der Waals surface area contributed by atoms with E-state index in [9.17, 15) is 4.79 Å². The average molecular weight is 285 g/mol. The summed E-state index contributed by atoms with van der Waals surface area (Å²) in [5.41, 5.74) is 12.1. The molecule has 0 aliphatic heterocycles. The highest BCUT2D eigenvalue weighted by Crippen LogP contribution is 2.13. The Morgan fingerprint density at radius 2 is 1.86 bits per heavy atom. The molecule has 1 unspecified atom stereocenters. The minimum Gasteiger partial charge on any atom is -0.473 e. The number of primary amides is 1. The predicted octanol–water partition coefficient (Wildman–Crippen LogP) is 1.41. The highest BCUT2D eigenvalue weighted by atomic mass is 16.5. The molecule has 1 atom stereocenters. The van der Waals surface area contributed by atoms with Crippen LogP contribution in [0.25, 0.3) is 0 Å². The van der Waals surface area contributed by atoms with Crippen molar-refractivity contribution in [3.05, 3.63) is 59.8 Å². The van der Waals surface area contributed by atoms with Crippen molar-refractivity contribution >= 4 is 5.91 Å². The van der Waals surface area contributed by atoms with Crippen molar-refractivity contribution < 1.29 is 9.53 Å². The lowest BCUT2D eigenvalue weighted by Gasteiger charge is -2.20. The molecule has 110 valence electrons. The van der Waals surface area contributed by atoms with Crippen LogP contribution in [0, 0.1) is 0 Å². The summed E-state index contributed by atoms with van der Waals surface area (Å²) in [7, 11) is 0. The predicted molar refractivity (Wildman–Crippen MR) is 80.5 cm³/mol. The van der Waals surface area contributed by atoms with E-state index in [1.54, 1.807) is 19.2 Å². The summed E-state index contributed by atoms with van der Waals surface area (Å²) in [6, 6.07) is 13.2. The maximum atomic E-state index is 11.2. The number of rotatable bonds is 6. The number of carbonyl (C=O) groups excluding carboxylic acids is 1. The largest absolute Gasteiger partial charge is 0.473 e. The minimum absolute atomic E-state index is 0.406. The number of hydrogen-bond acceptors (Lipinski definition) is 4. The summed E-state index contributed by atoms with van der Waals surface area (Å²) >= 11 is 0. The smallest absolute Gasteiger partial charge is 0.237 e. The molecule has 1 aromatic carbocycles. The monoisotopic (exact) mass is 285 g/mol. The van der Waals surface area contributed by atoms with Gasteiger partial charge in [0.15, 0.2) is 0 Å². The quantitative estimate of drug-likeness (QED) is 0.839. The van der Waals surface area contributed by atoms with Gasteiger partial charge < -0.3 is 16.2 Å². The third kappa shape index (κ3) is 4.29. The normalized spacial score (nSPS) is 13.4. The summed E-state index contributed by atoms with van der Waals surface area (Å²) < 4.78 is 5.56. The number of pyridine rings is 1. The lowest BCUT2D eigenvalue weighted by molar-refractivity contribution is -0.122. The zero-order valence-electron chi connectivity index (χ0n) is 12.0. The van der Waals surface area contributed by atoms with Gasteiger partial charge in [-0.25, -0.2) is 4.98 Å². The molecule has 0 aliphatic carbocycles. The molecule has 0 saturated heterocycles. The maximum absolute atomic E-state index is 11.2. The zero-order chi connectivity index (χ0) is 15.3. The summed E-state index contributed by atoms with van der Waals surface area (Å²) in [5, 5.41) is 0. The van der Waals surface area contributed by atoms with Gasteiger partial charge in [-0.15, -0.1) is 0 Å². The van der Waals surface area contributed by atoms with Crippen molar-refractivity contribution in [2.45, 2.75) is 25.5 Å². The van der Waals surface area contributed by atoms with Gasteiger partial charge in [0.2, 0.25) is 11.8 Å². The van der Waals surface area contributed by atoms with Crippen molar-refractivity contribution in [1.82, 2.24) is 4.98 Å². The Bertz CT molecular complexity index is 595. The van der Waals surface area contributed by atoms with Gasteiger partial charge in [-0.05, 0) is 30.5 Å². The van der Waals surface area contributed by atoms with E-state index in [-0.39, 0.29) is 0 Å². The lowest BCUT2D eigenvalue weighted by Crippen LogP contribution is -2.51. The molecule has 5 heteroatoms. The number of carbonyl (C=O) groups is 1. The standard InChI is InChI=1S/C16H19N3O2/c1-16(18,15(17)20)10-12-5-7-13(8-6-12)11-21-14-4-2-3-9-19-14/h2-9H,10-11,18H2,1H3,(H2,17,20). The number of benzene rings is 1. The van der Waals surface area contributed by atoms with E-state index in [1.807, 2.05) is 36.4 Å². The van der Waals surface area contributed by atoms with Gasteiger partial charge in [-0.2, -0.15) is 0 Å². The molecule has 1 heterocycles. The van der Waals surface area contributed by atoms with Crippen molar-refractivity contribution in [2.75, 3.05) is 0 Å². The topological polar surface area (TPSA) is 91.2 Å². The number of amides is 1.